The molecule has 0 aromatic heterocycles. The predicted molar refractivity (Wildman–Crippen MR) is 45.6 cm³/mol. The van der Waals surface area contributed by atoms with Crippen LogP contribution in [0.15, 0.2) is 18.1 Å². The highest BCUT2D eigenvalue weighted by molar-refractivity contribution is 4.95. The van der Waals surface area contributed by atoms with Gasteiger partial charge in [0.25, 0.3) is 0 Å². The summed E-state index contributed by atoms with van der Waals surface area (Å²) in [5.74, 6) is 0. The van der Waals surface area contributed by atoms with E-state index < -0.39 is 0 Å². The lowest BCUT2D eigenvalue weighted by molar-refractivity contribution is 0.306. The molecular weight excluding hydrogens is 138 g/mol. The number of rotatable bonds is 2. The van der Waals surface area contributed by atoms with E-state index >= 15 is 0 Å². The summed E-state index contributed by atoms with van der Waals surface area (Å²) in [6, 6.07) is 0.503. The summed E-state index contributed by atoms with van der Waals surface area (Å²) in [4.78, 5) is 2.39. The number of hydrogen-bond acceptors (Lipinski definition) is 2. The second-order valence-corrected chi connectivity index (χ2v) is 2.80. The molecule has 62 valence electrons. The normalized spacial score (nSPS) is 24.6. The van der Waals surface area contributed by atoms with Crippen molar-refractivity contribution in [2.45, 2.75) is 25.8 Å². The van der Waals surface area contributed by atoms with Crippen molar-refractivity contribution in [3.63, 3.8) is 0 Å². The molecule has 0 aromatic rings. The molecule has 1 heterocycles. The predicted octanol–water partition coefficient (Wildman–Crippen LogP) is 1.70. The van der Waals surface area contributed by atoms with Gasteiger partial charge in [0.1, 0.15) is 6.26 Å². The van der Waals surface area contributed by atoms with Gasteiger partial charge >= 0.3 is 0 Å². The first-order valence-electron chi connectivity index (χ1n) is 4.17. The van der Waals surface area contributed by atoms with E-state index in [0.717, 1.165) is 12.8 Å². The van der Waals surface area contributed by atoms with E-state index in [1.807, 2.05) is 6.08 Å². The second-order valence-electron chi connectivity index (χ2n) is 2.80. The summed E-state index contributed by atoms with van der Waals surface area (Å²) in [6.45, 7) is 4.44. The van der Waals surface area contributed by atoms with Crippen LogP contribution in [0, 0.1) is 0 Å². The van der Waals surface area contributed by atoms with E-state index in [4.69, 9.17) is 5.11 Å². The Bertz CT molecular complexity index is 170. The Labute approximate surface area is 67.8 Å². The lowest BCUT2D eigenvalue weighted by Crippen LogP contribution is -2.26. The van der Waals surface area contributed by atoms with Crippen molar-refractivity contribution in [1.82, 2.24) is 4.90 Å². The summed E-state index contributed by atoms with van der Waals surface area (Å²) in [6.07, 6.45) is 5.39. The van der Waals surface area contributed by atoms with E-state index in [0.29, 0.717) is 6.04 Å². The maximum absolute atomic E-state index is 8.40. The number of hydrogen-bond donors (Lipinski definition) is 1. The van der Waals surface area contributed by atoms with Crippen LogP contribution < -0.4 is 0 Å². The summed E-state index contributed by atoms with van der Waals surface area (Å²) >= 11 is 0. The molecule has 0 spiro atoms. The van der Waals surface area contributed by atoms with Gasteiger partial charge in [-0.15, -0.1) is 0 Å². The van der Waals surface area contributed by atoms with E-state index in [1.165, 1.54) is 19.4 Å². The molecule has 1 aliphatic heterocycles. The van der Waals surface area contributed by atoms with Crippen LogP contribution in [0.3, 0.4) is 0 Å². The van der Waals surface area contributed by atoms with Crippen LogP contribution in [0.2, 0.25) is 0 Å². The van der Waals surface area contributed by atoms with Gasteiger partial charge in [-0.25, -0.2) is 0 Å². The largest absolute Gasteiger partial charge is 0.507 e. The zero-order valence-corrected chi connectivity index (χ0v) is 6.95. The summed E-state index contributed by atoms with van der Waals surface area (Å²) in [5, 5.41) is 8.40. The molecule has 1 fully saturated rings. The van der Waals surface area contributed by atoms with Crippen LogP contribution >= 0.6 is 0 Å². The Morgan fingerprint density at radius 3 is 3.18 bits per heavy atom. The average molecular weight is 153 g/mol. The van der Waals surface area contributed by atoms with E-state index in [1.54, 1.807) is 0 Å². The van der Waals surface area contributed by atoms with Crippen molar-refractivity contribution in [3.8, 4) is 0 Å². The molecule has 11 heavy (non-hydrogen) atoms. The molecule has 0 amide bonds. The quantitative estimate of drug-likeness (QED) is 0.482. The number of aliphatic hydroxyl groups is 1. The van der Waals surface area contributed by atoms with Crippen LogP contribution in [-0.4, -0.2) is 29.1 Å². The zero-order chi connectivity index (χ0) is 8.10. The third-order valence-electron chi connectivity index (χ3n) is 2.18. The number of aliphatic hydroxyl groups excluding tert-OH is 1. The fraction of sp³-hybridized carbons (Fsp3) is 0.667. The van der Waals surface area contributed by atoms with Gasteiger partial charge in [-0.1, -0.05) is 12.7 Å². The third-order valence-corrected chi connectivity index (χ3v) is 2.18. The standard InChI is InChI=1S/C9H15NO/c1-2-10-7-3-5-9(10)6-4-8-11/h6,8-9,11H,2-3,5,7H2,1H3/t4?,9-/m0/s1. The van der Waals surface area contributed by atoms with Crippen LogP contribution in [0.25, 0.3) is 0 Å². The minimum atomic E-state index is 0.503. The lowest BCUT2D eigenvalue weighted by Gasteiger charge is -2.17. The molecule has 1 N–H and O–H groups in total. The molecule has 0 radical (unpaired) electrons. The molecule has 2 heteroatoms. The number of likely N-dealkylation sites (tertiary alicyclic amines) is 1. The van der Waals surface area contributed by atoms with Crippen molar-refractivity contribution < 1.29 is 5.11 Å². The molecule has 0 aliphatic carbocycles. The van der Waals surface area contributed by atoms with E-state index in [-0.39, 0.29) is 0 Å². The molecule has 0 aromatic carbocycles. The molecule has 0 bridgehead atoms. The smallest absolute Gasteiger partial charge is 0.121 e. The highest BCUT2D eigenvalue weighted by atomic mass is 16.2. The molecule has 1 saturated heterocycles. The van der Waals surface area contributed by atoms with Crippen molar-refractivity contribution >= 4 is 0 Å². The fourth-order valence-electron chi connectivity index (χ4n) is 1.59. The van der Waals surface area contributed by atoms with Crippen molar-refractivity contribution in [2.75, 3.05) is 13.1 Å². The highest BCUT2D eigenvalue weighted by Gasteiger charge is 2.19. The Morgan fingerprint density at radius 1 is 1.73 bits per heavy atom. The monoisotopic (exact) mass is 153 g/mol. The van der Waals surface area contributed by atoms with Gasteiger partial charge in [-0.05, 0) is 32.0 Å². The summed E-state index contributed by atoms with van der Waals surface area (Å²) in [7, 11) is 0. The minimum absolute atomic E-state index is 0.503. The molecular formula is C9H15NO. The highest BCUT2D eigenvalue weighted by Crippen LogP contribution is 2.16. The Kier molecular flexibility index (Phi) is 3.21. The van der Waals surface area contributed by atoms with Gasteiger partial charge in [0.2, 0.25) is 0 Å². The Morgan fingerprint density at radius 2 is 2.55 bits per heavy atom. The minimum Gasteiger partial charge on any atom is -0.507 e. The van der Waals surface area contributed by atoms with Gasteiger partial charge in [-0.3, -0.25) is 4.90 Å². The van der Waals surface area contributed by atoms with Gasteiger partial charge in [0.05, 0.1) is 0 Å². The van der Waals surface area contributed by atoms with Gasteiger partial charge in [0, 0.05) is 6.04 Å². The Balaban J connectivity index is 2.50. The molecule has 0 saturated carbocycles. The first-order chi connectivity index (χ1) is 5.38. The maximum Gasteiger partial charge on any atom is 0.121 e. The van der Waals surface area contributed by atoms with Crippen LogP contribution in [0.4, 0.5) is 0 Å². The van der Waals surface area contributed by atoms with Crippen molar-refractivity contribution in [1.29, 1.82) is 0 Å². The molecule has 1 aliphatic rings. The van der Waals surface area contributed by atoms with Crippen molar-refractivity contribution in [2.24, 2.45) is 0 Å². The molecule has 0 unspecified atom stereocenters. The summed E-state index contributed by atoms with van der Waals surface area (Å²) in [5.41, 5.74) is 2.72. The Hall–Kier alpha value is -0.720. The summed E-state index contributed by atoms with van der Waals surface area (Å²) < 4.78 is 0. The lowest BCUT2D eigenvalue weighted by atomic mass is 10.2. The molecule has 2 nitrogen and oxygen atoms in total. The third kappa shape index (κ3) is 2.11. The van der Waals surface area contributed by atoms with Crippen molar-refractivity contribution in [3.05, 3.63) is 18.1 Å². The van der Waals surface area contributed by atoms with Gasteiger partial charge in [0.15, 0.2) is 0 Å². The second kappa shape index (κ2) is 4.22. The fourth-order valence-corrected chi connectivity index (χ4v) is 1.59. The topological polar surface area (TPSA) is 23.5 Å². The number of likely N-dealkylation sites (N-methyl/N-ethyl adjacent to an activating group) is 1. The average Bonchev–Trinajstić information content (AvgIpc) is 2.47. The maximum atomic E-state index is 8.40. The first-order valence-corrected chi connectivity index (χ1v) is 4.17. The van der Waals surface area contributed by atoms with Crippen LogP contribution in [0.5, 0.6) is 0 Å². The van der Waals surface area contributed by atoms with E-state index in [2.05, 4.69) is 17.6 Å². The van der Waals surface area contributed by atoms with Gasteiger partial charge < -0.3 is 5.11 Å². The molecule has 1 atom stereocenters. The van der Waals surface area contributed by atoms with Gasteiger partial charge in [-0.2, -0.15) is 0 Å². The first kappa shape index (κ1) is 8.38. The zero-order valence-electron chi connectivity index (χ0n) is 6.95. The number of nitrogens with zero attached hydrogens (tertiary/aromatic N) is 1. The van der Waals surface area contributed by atoms with Crippen LogP contribution in [-0.2, 0) is 0 Å². The molecule has 1 rings (SSSR count). The van der Waals surface area contributed by atoms with Crippen LogP contribution in [0.1, 0.15) is 19.8 Å². The van der Waals surface area contributed by atoms with E-state index in [9.17, 15) is 0 Å². The SMILES string of the molecule is CCN1CCC[C@H]1C=C=CO.